The number of rotatable bonds is 5. The molecule has 0 saturated heterocycles. The molecule has 0 radical (unpaired) electrons. The van der Waals surface area contributed by atoms with E-state index in [2.05, 4.69) is 47.1 Å². The van der Waals surface area contributed by atoms with Gasteiger partial charge in [0.05, 0.1) is 22.0 Å². The van der Waals surface area contributed by atoms with E-state index in [0.29, 0.717) is 16.4 Å². The second-order valence-electron chi connectivity index (χ2n) is 7.28. The Bertz CT molecular complexity index is 1420. The number of aromatic amines is 1. The van der Waals surface area contributed by atoms with Crippen molar-refractivity contribution in [2.24, 2.45) is 0 Å². The van der Waals surface area contributed by atoms with Gasteiger partial charge in [-0.05, 0) is 61.7 Å². The van der Waals surface area contributed by atoms with Crippen molar-refractivity contribution in [3.05, 3.63) is 92.4 Å². The molecule has 4 heterocycles. The van der Waals surface area contributed by atoms with E-state index in [4.69, 9.17) is 16.6 Å². The minimum atomic E-state index is -0.116. The zero-order valence-electron chi connectivity index (χ0n) is 16.9. The maximum atomic E-state index is 12.7. The number of thiophene rings is 1. The highest BCUT2D eigenvalue weighted by Crippen LogP contribution is 2.33. The van der Waals surface area contributed by atoms with Gasteiger partial charge in [-0.25, -0.2) is 9.50 Å². The number of hydrogen-bond donors (Lipinski definition) is 1. The first-order chi connectivity index (χ1) is 15.0. The maximum Gasteiger partial charge on any atom is 0.272 e. The fourth-order valence-electron chi connectivity index (χ4n) is 3.65. The molecule has 0 bridgehead atoms. The molecule has 0 aliphatic heterocycles. The third-order valence-electron chi connectivity index (χ3n) is 5.10. The summed E-state index contributed by atoms with van der Waals surface area (Å²) in [4.78, 5) is 19.6. The molecule has 0 fully saturated rings. The molecule has 0 unspecified atom stereocenters. The number of fused-ring (bicyclic) bond motifs is 1. The molecule has 1 aromatic carbocycles. The van der Waals surface area contributed by atoms with Crippen LogP contribution >= 0.6 is 34.7 Å². The number of thioether (sulfide) groups is 1. The zero-order valence-corrected chi connectivity index (χ0v) is 19.3. The van der Waals surface area contributed by atoms with Gasteiger partial charge >= 0.3 is 0 Å². The van der Waals surface area contributed by atoms with Crippen LogP contribution in [0.25, 0.3) is 21.9 Å². The second-order valence-corrected chi connectivity index (χ2v) is 9.68. The molecule has 0 aliphatic carbocycles. The molecule has 5 nitrogen and oxygen atoms in total. The lowest BCUT2D eigenvalue weighted by Gasteiger charge is -2.09. The summed E-state index contributed by atoms with van der Waals surface area (Å²) in [6.07, 6.45) is 0. The van der Waals surface area contributed by atoms with Crippen LogP contribution in [0.5, 0.6) is 0 Å². The Labute approximate surface area is 192 Å². The molecule has 5 aromatic rings. The number of halogens is 1. The normalized spacial score (nSPS) is 11.5. The number of hydrogen-bond acceptors (Lipinski definition) is 4. The van der Waals surface area contributed by atoms with E-state index in [1.165, 1.54) is 15.9 Å². The molecule has 0 saturated carbocycles. The van der Waals surface area contributed by atoms with Gasteiger partial charge in [-0.3, -0.25) is 9.89 Å². The molecule has 5 rings (SSSR count). The molecule has 0 spiro atoms. The molecule has 0 amide bonds. The Morgan fingerprint density at radius 2 is 1.81 bits per heavy atom. The van der Waals surface area contributed by atoms with Gasteiger partial charge in [0.2, 0.25) is 0 Å². The van der Waals surface area contributed by atoms with E-state index in [1.54, 1.807) is 29.2 Å². The molecule has 8 heteroatoms. The van der Waals surface area contributed by atoms with Gasteiger partial charge in [-0.15, -0.1) is 23.1 Å². The van der Waals surface area contributed by atoms with Crippen molar-refractivity contribution >= 4 is 40.3 Å². The monoisotopic (exact) mass is 466 g/mol. The molecule has 0 aliphatic rings. The number of aryl methyl sites for hydroxylation is 2. The van der Waals surface area contributed by atoms with Crippen molar-refractivity contribution in [1.82, 2.24) is 19.2 Å². The maximum absolute atomic E-state index is 12.7. The number of benzene rings is 1. The molecule has 0 atom stereocenters. The predicted octanol–water partition coefficient (Wildman–Crippen LogP) is 6.10. The van der Waals surface area contributed by atoms with Crippen LogP contribution in [0.2, 0.25) is 5.02 Å². The summed E-state index contributed by atoms with van der Waals surface area (Å²) in [5.74, 6) is 0.611. The third kappa shape index (κ3) is 3.84. The van der Waals surface area contributed by atoms with Gasteiger partial charge in [-0.1, -0.05) is 11.6 Å². The first kappa shape index (κ1) is 20.2. The van der Waals surface area contributed by atoms with Crippen molar-refractivity contribution in [3.8, 4) is 16.3 Å². The highest BCUT2D eigenvalue weighted by Gasteiger charge is 2.15. The first-order valence-corrected chi connectivity index (χ1v) is 12.0. The van der Waals surface area contributed by atoms with Crippen LogP contribution in [0.1, 0.15) is 17.1 Å². The summed E-state index contributed by atoms with van der Waals surface area (Å²) >= 11 is 9.22. The molecule has 31 heavy (non-hydrogen) atoms. The quantitative estimate of drug-likeness (QED) is 0.318. The predicted molar refractivity (Wildman–Crippen MR) is 129 cm³/mol. The van der Waals surface area contributed by atoms with Crippen LogP contribution in [0, 0.1) is 13.8 Å². The third-order valence-corrected chi connectivity index (χ3v) is 7.34. The van der Waals surface area contributed by atoms with Crippen molar-refractivity contribution in [3.63, 3.8) is 0 Å². The average molecular weight is 467 g/mol. The van der Waals surface area contributed by atoms with E-state index in [1.807, 2.05) is 30.3 Å². The minimum Gasteiger partial charge on any atom is -0.317 e. The van der Waals surface area contributed by atoms with E-state index in [9.17, 15) is 4.79 Å². The first-order valence-electron chi connectivity index (χ1n) is 9.73. The van der Waals surface area contributed by atoms with Crippen LogP contribution in [-0.2, 0) is 5.75 Å². The van der Waals surface area contributed by atoms with E-state index in [0.717, 1.165) is 26.8 Å². The van der Waals surface area contributed by atoms with Crippen LogP contribution in [-0.4, -0.2) is 19.2 Å². The Morgan fingerprint density at radius 1 is 1.06 bits per heavy atom. The topological polar surface area (TPSA) is 55.1 Å². The minimum absolute atomic E-state index is 0.116. The van der Waals surface area contributed by atoms with Crippen molar-refractivity contribution < 1.29 is 0 Å². The van der Waals surface area contributed by atoms with Gasteiger partial charge in [0, 0.05) is 39.2 Å². The summed E-state index contributed by atoms with van der Waals surface area (Å²) in [5.41, 5.74) is 5.57. The molecule has 1 N–H and O–H groups in total. The summed E-state index contributed by atoms with van der Waals surface area (Å²) in [7, 11) is 0. The van der Waals surface area contributed by atoms with Gasteiger partial charge in [0.15, 0.2) is 5.65 Å². The molecule has 156 valence electrons. The lowest BCUT2D eigenvalue weighted by molar-refractivity contribution is 0.890. The van der Waals surface area contributed by atoms with Crippen molar-refractivity contribution in [2.75, 3.05) is 0 Å². The fourth-order valence-corrected chi connectivity index (χ4v) is 5.41. The fraction of sp³-hybridized carbons (Fsp3) is 0.130. The standard InChI is InChI=1S/C23H19ClN4OS2/c1-14-3-4-15(2)27(14)20-9-10-30-23(20)19-12-21-25-17(11-22(29)28(21)26-19)13-31-18-7-5-16(24)6-8-18/h3-12,26H,13H2,1-2H3. The number of nitrogens with zero attached hydrogens (tertiary/aromatic N) is 3. The zero-order chi connectivity index (χ0) is 21.5. The largest absolute Gasteiger partial charge is 0.317 e. The SMILES string of the molecule is Cc1ccc(C)n1-c1ccsc1-c1cc2nc(CSc3ccc(Cl)cc3)cc(=O)n2[nH]1. The highest BCUT2D eigenvalue weighted by molar-refractivity contribution is 7.98. The summed E-state index contributed by atoms with van der Waals surface area (Å²) in [6.45, 7) is 4.19. The lowest BCUT2D eigenvalue weighted by atomic mass is 10.3. The Morgan fingerprint density at radius 3 is 2.55 bits per heavy atom. The van der Waals surface area contributed by atoms with E-state index in [-0.39, 0.29) is 5.56 Å². The summed E-state index contributed by atoms with van der Waals surface area (Å²) < 4.78 is 3.73. The van der Waals surface area contributed by atoms with Gasteiger partial charge < -0.3 is 4.57 Å². The smallest absolute Gasteiger partial charge is 0.272 e. The molecular weight excluding hydrogens is 448 g/mol. The number of H-pyrrole nitrogens is 1. The number of aromatic nitrogens is 4. The van der Waals surface area contributed by atoms with E-state index >= 15 is 0 Å². The van der Waals surface area contributed by atoms with Gasteiger partial charge in [0.1, 0.15) is 0 Å². The summed E-state index contributed by atoms with van der Waals surface area (Å²) in [6, 6.07) is 17.5. The van der Waals surface area contributed by atoms with Crippen LogP contribution in [0.4, 0.5) is 0 Å². The Balaban J connectivity index is 1.49. The molecular formula is C23H19ClN4OS2. The van der Waals surface area contributed by atoms with Gasteiger partial charge in [-0.2, -0.15) is 0 Å². The van der Waals surface area contributed by atoms with Crippen molar-refractivity contribution in [2.45, 2.75) is 24.5 Å². The van der Waals surface area contributed by atoms with Crippen LogP contribution in [0.15, 0.2) is 69.7 Å². The average Bonchev–Trinajstić information content (AvgIpc) is 3.46. The van der Waals surface area contributed by atoms with E-state index < -0.39 is 0 Å². The Kier molecular flexibility index (Phi) is 5.25. The molecule has 4 aromatic heterocycles. The Hall–Kier alpha value is -2.74. The van der Waals surface area contributed by atoms with Crippen LogP contribution < -0.4 is 5.56 Å². The van der Waals surface area contributed by atoms with Crippen molar-refractivity contribution in [1.29, 1.82) is 0 Å². The lowest BCUT2D eigenvalue weighted by Crippen LogP contribution is -2.15. The van der Waals surface area contributed by atoms with Gasteiger partial charge in [0.25, 0.3) is 5.56 Å². The number of nitrogens with one attached hydrogen (secondary N) is 1. The highest BCUT2D eigenvalue weighted by atomic mass is 35.5. The second kappa shape index (κ2) is 8.07. The van der Waals surface area contributed by atoms with Crippen LogP contribution in [0.3, 0.4) is 0 Å². The summed E-state index contributed by atoms with van der Waals surface area (Å²) in [5, 5.41) is 6.01.